The van der Waals surface area contributed by atoms with E-state index in [4.69, 9.17) is 37.0 Å². The number of phosphoric ester groups is 2. The van der Waals surface area contributed by atoms with Gasteiger partial charge >= 0.3 is 39.5 Å². The van der Waals surface area contributed by atoms with E-state index in [1.807, 2.05) is 0 Å². The molecule has 0 aliphatic rings. The topological polar surface area (TPSA) is 237 Å². The van der Waals surface area contributed by atoms with Crippen LogP contribution >= 0.6 is 15.6 Å². The molecule has 0 fully saturated rings. The van der Waals surface area contributed by atoms with E-state index in [0.717, 1.165) is 120 Å². The Hall–Kier alpha value is -1.94. The molecule has 0 amide bonds. The Bertz CT molecular complexity index is 1960. The molecule has 0 aromatic heterocycles. The molecule has 0 heterocycles. The molecule has 0 saturated carbocycles. The summed E-state index contributed by atoms with van der Waals surface area (Å²) in [7, 11) is -9.92. The molecule has 0 radical (unpaired) electrons. The molecular formula is C81H158O17P2. The lowest BCUT2D eigenvalue weighted by Crippen LogP contribution is -2.30. The molecular weight excluding hydrogens is 1310 g/mol. The summed E-state index contributed by atoms with van der Waals surface area (Å²) in [4.78, 5) is 73.0. The normalized spacial score (nSPS) is 14.3. The van der Waals surface area contributed by atoms with Gasteiger partial charge in [-0.05, 0) is 49.4 Å². The molecule has 100 heavy (non-hydrogen) atoms. The number of esters is 4. The largest absolute Gasteiger partial charge is 0.472 e. The molecule has 6 atom stereocenters. The molecule has 0 aliphatic carbocycles. The van der Waals surface area contributed by atoms with Crippen LogP contribution in [0.4, 0.5) is 0 Å². The summed E-state index contributed by atoms with van der Waals surface area (Å²) in [6, 6.07) is 0. The zero-order valence-electron chi connectivity index (χ0n) is 65.8. The molecule has 0 bridgehead atoms. The second-order valence-corrected chi connectivity index (χ2v) is 33.7. The van der Waals surface area contributed by atoms with Crippen LogP contribution in [0.25, 0.3) is 0 Å². The molecule has 0 rings (SSSR count). The molecule has 17 nitrogen and oxygen atoms in total. The van der Waals surface area contributed by atoms with Gasteiger partial charge in [-0.25, -0.2) is 9.13 Å². The number of carbonyl (C=O) groups is 4. The Labute approximate surface area is 613 Å². The second-order valence-electron chi connectivity index (χ2n) is 30.8. The number of rotatable bonds is 78. The average molecular weight is 1470 g/mol. The summed E-state index contributed by atoms with van der Waals surface area (Å²) in [5.41, 5.74) is 0. The fraction of sp³-hybridized carbons (Fsp3) is 0.951. The Morgan fingerprint density at radius 3 is 0.710 bits per heavy atom. The molecule has 3 unspecified atom stereocenters. The van der Waals surface area contributed by atoms with Crippen molar-refractivity contribution in [3.63, 3.8) is 0 Å². The van der Waals surface area contributed by atoms with Gasteiger partial charge in [0.25, 0.3) is 0 Å². The highest BCUT2D eigenvalue weighted by Crippen LogP contribution is 2.45. The number of aliphatic hydroxyl groups is 1. The molecule has 0 aromatic rings. The van der Waals surface area contributed by atoms with Crippen LogP contribution in [0.2, 0.25) is 0 Å². The first kappa shape index (κ1) is 98.1. The number of aliphatic hydroxyl groups excluding tert-OH is 1. The summed E-state index contributed by atoms with van der Waals surface area (Å²) in [5.74, 6) is 0.977. The van der Waals surface area contributed by atoms with Crippen LogP contribution in [0.15, 0.2) is 0 Å². The van der Waals surface area contributed by atoms with Crippen LogP contribution in [-0.4, -0.2) is 96.7 Å². The van der Waals surface area contributed by atoms with E-state index >= 15 is 0 Å². The zero-order chi connectivity index (χ0) is 73.8. The van der Waals surface area contributed by atoms with E-state index in [1.54, 1.807) is 0 Å². The minimum Gasteiger partial charge on any atom is -0.462 e. The maximum atomic E-state index is 13.1. The third-order valence-corrected chi connectivity index (χ3v) is 21.1. The molecule has 3 N–H and O–H groups in total. The lowest BCUT2D eigenvalue weighted by atomic mass is 10.00. The number of unbranched alkanes of at least 4 members (excludes halogenated alkanes) is 43. The third kappa shape index (κ3) is 73.0. The summed E-state index contributed by atoms with van der Waals surface area (Å²) in [6.07, 6.45) is 57.0. The number of ether oxygens (including phenoxy) is 4. The van der Waals surface area contributed by atoms with Gasteiger partial charge in [0.1, 0.15) is 19.3 Å². The average Bonchev–Trinajstić information content (AvgIpc) is 0.912. The van der Waals surface area contributed by atoms with Gasteiger partial charge < -0.3 is 33.8 Å². The van der Waals surface area contributed by atoms with E-state index in [9.17, 15) is 43.2 Å². The standard InChI is InChI=1S/C81H158O17P2/c1-9-74(8)60-52-44-39-40-46-54-62-79(84)92-68-77(98-80(85)63-55-47-37-31-24-20-16-18-22-28-34-42-50-58-72(4)5)70-96-100(89,90)94-66-75(82)65-93-99(87,88)95-69-76(97-81(86)64-56-48-38-32-26-25-29-35-43-51-59-73(6)7)67-91-78(83)61-53-45-36-30-23-19-15-13-11-10-12-14-17-21-27-33-41-49-57-71(2)3/h71-77,82H,9-70H2,1-8H3,(H,87,88)(H,89,90)/t74?,75-,76-,77-/m1/s1. The van der Waals surface area contributed by atoms with E-state index in [-0.39, 0.29) is 25.7 Å². The highest BCUT2D eigenvalue weighted by molar-refractivity contribution is 7.47. The zero-order valence-corrected chi connectivity index (χ0v) is 67.6. The predicted molar refractivity (Wildman–Crippen MR) is 409 cm³/mol. The van der Waals surface area contributed by atoms with Crippen LogP contribution in [0.3, 0.4) is 0 Å². The van der Waals surface area contributed by atoms with Crippen LogP contribution in [0.5, 0.6) is 0 Å². The molecule has 0 aromatic carbocycles. The van der Waals surface area contributed by atoms with E-state index in [2.05, 4.69) is 55.4 Å². The van der Waals surface area contributed by atoms with Crippen LogP contribution in [-0.2, 0) is 65.4 Å². The van der Waals surface area contributed by atoms with E-state index in [1.165, 1.54) is 212 Å². The van der Waals surface area contributed by atoms with Crippen molar-refractivity contribution >= 4 is 39.5 Å². The summed E-state index contributed by atoms with van der Waals surface area (Å²) < 4.78 is 68.7. The first-order chi connectivity index (χ1) is 48.1. The maximum Gasteiger partial charge on any atom is 0.472 e. The lowest BCUT2D eigenvalue weighted by Gasteiger charge is -2.21. The molecule has 0 saturated heterocycles. The van der Waals surface area contributed by atoms with E-state index in [0.29, 0.717) is 25.7 Å². The van der Waals surface area contributed by atoms with E-state index < -0.39 is 97.5 Å². The molecule has 594 valence electrons. The quantitative estimate of drug-likeness (QED) is 0.0222. The Balaban J connectivity index is 5.20. The van der Waals surface area contributed by atoms with Gasteiger partial charge in [0, 0.05) is 25.7 Å². The van der Waals surface area contributed by atoms with Gasteiger partial charge in [-0.2, -0.15) is 0 Å². The van der Waals surface area contributed by atoms with Crippen molar-refractivity contribution in [1.82, 2.24) is 0 Å². The van der Waals surface area contributed by atoms with Gasteiger partial charge in [0.05, 0.1) is 26.4 Å². The summed E-state index contributed by atoms with van der Waals surface area (Å²) in [5, 5.41) is 10.6. The van der Waals surface area contributed by atoms with Crippen molar-refractivity contribution in [2.45, 2.75) is 433 Å². The van der Waals surface area contributed by atoms with Gasteiger partial charge in [0.15, 0.2) is 12.2 Å². The summed E-state index contributed by atoms with van der Waals surface area (Å²) >= 11 is 0. The van der Waals surface area contributed by atoms with Crippen LogP contribution < -0.4 is 0 Å². The first-order valence-electron chi connectivity index (χ1n) is 41.7. The Morgan fingerprint density at radius 2 is 0.480 bits per heavy atom. The molecule has 0 aliphatic heterocycles. The minimum absolute atomic E-state index is 0.106. The SMILES string of the molecule is CCC(C)CCCCCCCCC(=O)OC[C@H](COP(=O)(O)OC[C@H](O)COP(=O)(O)OC[C@@H](COC(=O)CCCCCCCCCCCCCCCCCCCCC(C)C)OC(=O)CCCCCCCCCCCCC(C)C)OC(=O)CCCCCCCCCCCCCCCC(C)C. The van der Waals surface area contributed by atoms with Crippen molar-refractivity contribution in [2.24, 2.45) is 23.7 Å². The van der Waals surface area contributed by atoms with Gasteiger partial charge in [-0.1, -0.05) is 364 Å². The van der Waals surface area contributed by atoms with Gasteiger partial charge in [0.2, 0.25) is 0 Å². The third-order valence-electron chi connectivity index (χ3n) is 19.2. The van der Waals surface area contributed by atoms with Crippen LogP contribution in [0.1, 0.15) is 415 Å². The predicted octanol–water partition coefficient (Wildman–Crippen LogP) is 24.0. The smallest absolute Gasteiger partial charge is 0.462 e. The number of carbonyl (C=O) groups excluding carboxylic acids is 4. The van der Waals surface area contributed by atoms with Crippen molar-refractivity contribution < 1.29 is 80.2 Å². The van der Waals surface area contributed by atoms with Crippen LogP contribution in [0, 0.1) is 23.7 Å². The second kappa shape index (κ2) is 70.1. The first-order valence-corrected chi connectivity index (χ1v) is 44.7. The number of hydrogen-bond donors (Lipinski definition) is 3. The highest BCUT2D eigenvalue weighted by atomic mass is 31.2. The molecule has 19 heteroatoms. The van der Waals surface area contributed by atoms with Gasteiger partial charge in [-0.15, -0.1) is 0 Å². The minimum atomic E-state index is -4.96. The van der Waals surface area contributed by atoms with Crippen molar-refractivity contribution in [3.05, 3.63) is 0 Å². The fourth-order valence-corrected chi connectivity index (χ4v) is 14.0. The highest BCUT2D eigenvalue weighted by Gasteiger charge is 2.30. The van der Waals surface area contributed by atoms with Gasteiger partial charge in [-0.3, -0.25) is 37.3 Å². The number of phosphoric acid groups is 2. The Kier molecular flexibility index (Phi) is 68.7. The summed E-state index contributed by atoms with van der Waals surface area (Å²) in [6.45, 7) is 14.2. The molecule has 0 spiro atoms. The number of hydrogen-bond acceptors (Lipinski definition) is 15. The van der Waals surface area contributed by atoms with Crippen molar-refractivity contribution in [1.29, 1.82) is 0 Å². The van der Waals surface area contributed by atoms with Crippen molar-refractivity contribution in [3.8, 4) is 0 Å². The maximum absolute atomic E-state index is 13.1. The Morgan fingerprint density at radius 1 is 0.280 bits per heavy atom. The monoisotopic (exact) mass is 1470 g/mol. The fourth-order valence-electron chi connectivity index (χ4n) is 12.4. The van der Waals surface area contributed by atoms with Crippen molar-refractivity contribution in [2.75, 3.05) is 39.6 Å². The lowest BCUT2D eigenvalue weighted by molar-refractivity contribution is -0.161.